The molecule has 0 heterocycles. The molecule has 6 aromatic rings. The zero-order valence-corrected chi connectivity index (χ0v) is 24.7. The van der Waals surface area contributed by atoms with E-state index >= 15 is 0 Å². The normalized spacial score (nSPS) is 13.0. The molecule has 1 aliphatic rings. The Hall–Kier alpha value is -4.88. The maximum Gasteiger partial charge on any atom is 0.0546 e. The smallest absolute Gasteiger partial charge is 0.0546 e. The number of hydrogen-bond acceptors (Lipinski definition) is 1. The molecule has 7 rings (SSSR count). The van der Waals surface area contributed by atoms with Crippen molar-refractivity contribution in [1.29, 1.82) is 0 Å². The molecule has 0 spiro atoms. The zero-order valence-electron chi connectivity index (χ0n) is 24.7. The fourth-order valence-corrected chi connectivity index (χ4v) is 6.63. The van der Waals surface area contributed by atoms with Crippen LogP contribution in [0.1, 0.15) is 36.1 Å². The molecule has 0 fully saturated rings. The van der Waals surface area contributed by atoms with Crippen molar-refractivity contribution in [2.45, 2.75) is 33.1 Å². The van der Waals surface area contributed by atoms with E-state index in [0.717, 1.165) is 5.69 Å². The highest BCUT2D eigenvalue weighted by molar-refractivity contribution is 5.98. The fraction of sp³-hybridized carbons (Fsp3) is 0.122. The van der Waals surface area contributed by atoms with Crippen LogP contribution >= 0.6 is 0 Å². The molecule has 0 N–H and O–H groups in total. The van der Waals surface area contributed by atoms with Gasteiger partial charge in [0.1, 0.15) is 0 Å². The quantitative estimate of drug-likeness (QED) is 0.210. The minimum Gasteiger partial charge on any atom is -0.309 e. The van der Waals surface area contributed by atoms with Crippen LogP contribution in [0.4, 0.5) is 17.1 Å². The molecular formula is C41H35N. The minimum absolute atomic E-state index is 0.0841. The molecule has 1 aliphatic carbocycles. The number of nitrogens with zero attached hydrogens (tertiary/aromatic N) is 1. The Bertz CT molecular complexity index is 1900. The first kappa shape index (κ1) is 26.0. The number of rotatable bonds is 5. The number of anilines is 3. The molecule has 0 radical (unpaired) electrons. The van der Waals surface area contributed by atoms with Crippen molar-refractivity contribution in [1.82, 2.24) is 0 Å². The number of benzene rings is 6. The topological polar surface area (TPSA) is 3.24 Å². The summed E-state index contributed by atoms with van der Waals surface area (Å²) in [4.78, 5) is 2.48. The molecular weight excluding hydrogens is 506 g/mol. The van der Waals surface area contributed by atoms with Gasteiger partial charge in [0.15, 0.2) is 0 Å². The molecule has 1 nitrogen and oxygen atoms in total. The van der Waals surface area contributed by atoms with Gasteiger partial charge in [0, 0.05) is 22.2 Å². The molecule has 1 heteroatoms. The van der Waals surface area contributed by atoms with Gasteiger partial charge < -0.3 is 4.90 Å². The van der Waals surface area contributed by atoms with Crippen LogP contribution in [0.5, 0.6) is 0 Å². The second-order valence-electron chi connectivity index (χ2n) is 12.0. The Morgan fingerprint density at radius 3 is 1.76 bits per heavy atom. The standard InChI is InChI=1S/C41H35N/c1-28-19-24-35-36(25-28)41(3,4)37-26-29(2)27-39(40(35)37)42(33-22-20-31(21-23-33)30-13-7-5-8-14-30)38-18-12-11-17-34(38)32-15-9-6-10-16-32/h5-27H,1-4H3. The molecule has 0 amide bonds. The van der Waals surface area contributed by atoms with Crippen LogP contribution in [-0.2, 0) is 5.41 Å². The predicted molar refractivity (Wildman–Crippen MR) is 179 cm³/mol. The van der Waals surface area contributed by atoms with Crippen molar-refractivity contribution in [3.8, 4) is 33.4 Å². The molecule has 0 saturated carbocycles. The lowest BCUT2D eigenvalue weighted by atomic mass is 9.81. The molecule has 0 unspecified atom stereocenters. The second-order valence-corrected chi connectivity index (χ2v) is 12.0. The van der Waals surface area contributed by atoms with Crippen LogP contribution in [0.25, 0.3) is 33.4 Å². The van der Waals surface area contributed by atoms with Gasteiger partial charge in [-0.3, -0.25) is 0 Å². The Labute approximate surface area is 249 Å². The molecule has 204 valence electrons. The van der Waals surface area contributed by atoms with E-state index in [1.54, 1.807) is 0 Å². The molecule has 6 aromatic carbocycles. The van der Waals surface area contributed by atoms with E-state index in [4.69, 9.17) is 0 Å². The third-order valence-electron chi connectivity index (χ3n) is 8.76. The molecule has 0 aliphatic heterocycles. The van der Waals surface area contributed by atoms with E-state index in [-0.39, 0.29) is 5.41 Å². The lowest BCUT2D eigenvalue weighted by Gasteiger charge is -2.31. The maximum absolute atomic E-state index is 2.48. The van der Waals surface area contributed by atoms with Gasteiger partial charge in [-0.25, -0.2) is 0 Å². The Morgan fingerprint density at radius 1 is 0.452 bits per heavy atom. The monoisotopic (exact) mass is 541 g/mol. The summed E-state index contributed by atoms with van der Waals surface area (Å²) < 4.78 is 0. The van der Waals surface area contributed by atoms with Gasteiger partial charge >= 0.3 is 0 Å². The highest BCUT2D eigenvalue weighted by atomic mass is 15.1. The van der Waals surface area contributed by atoms with Crippen molar-refractivity contribution >= 4 is 17.1 Å². The largest absolute Gasteiger partial charge is 0.309 e. The summed E-state index contributed by atoms with van der Waals surface area (Å²) >= 11 is 0. The van der Waals surface area contributed by atoms with Gasteiger partial charge in [0.05, 0.1) is 11.4 Å². The zero-order chi connectivity index (χ0) is 28.8. The average molecular weight is 542 g/mol. The van der Waals surface area contributed by atoms with E-state index in [1.165, 1.54) is 67.0 Å². The maximum atomic E-state index is 2.48. The number of fused-ring (bicyclic) bond motifs is 3. The van der Waals surface area contributed by atoms with Crippen LogP contribution in [0.15, 0.2) is 140 Å². The van der Waals surface area contributed by atoms with Crippen LogP contribution in [-0.4, -0.2) is 0 Å². The number of aryl methyl sites for hydroxylation is 2. The van der Waals surface area contributed by atoms with Gasteiger partial charge in [-0.05, 0) is 77.1 Å². The molecule has 42 heavy (non-hydrogen) atoms. The summed E-state index contributed by atoms with van der Waals surface area (Å²) in [6.07, 6.45) is 0. The van der Waals surface area contributed by atoms with Gasteiger partial charge in [0.25, 0.3) is 0 Å². The summed E-state index contributed by atoms with van der Waals surface area (Å²) in [5.41, 5.74) is 16.3. The van der Waals surface area contributed by atoms with Crippen molar-refractivity contribution in [2.24, 2.45) is 0 Å². The number of para-hydroxylation sites is 1. The van der Waals surface area contributed by atoms with Crippen molar-refractivity contribution in [3.05, 3.63) is 162 Å². The van der Waals surface area contributed by atoms with Gasteiger partial charge in [-0.15, -0.1) is 0 Å². The lowest BCUT2D eigenvalue weighted by molar-refractivity contribution is 0.659. The first-order valence-electron chi connectivity index (χ1n) is 14.8. The number of hydrogen-bond donors (Lipinski definition) is 0. The van der Waals surface area contributed by atoms with Crippen LogP contribution < -0.4 is 4.90 Å². The van der Waals surface area contributed by atoms with Crippen LogP contribution in [0.3, 0.4) is 0 Å². The molecule has 0 bridgehead atoms. The molecule has 0 aromatic heterocycles. The van der Waals surface area contributed by atoms with Crippen molar-refractivity contribution < 1.29 is 0 Å². The third-order valence-corrected chi connectivity index (χ3v) is 8.76. The van der Waals surface area contributed by atoms with Gasteiger partial charge in [-0.2, -0.15) is 0 Å². The molecule has 0 atom stereocenters. The Morgan fingerprint density at radius 2 is 1.05 bits per heavy atom. The minimum atomic E-state index is -0.0841. The third kappa shape index (κ3) is 4.33. The summed E-state index contributed by atoms with van der Waals surface area (Å²) in [6, 6.07) is 50.9. The highest BCUT2D eigenvalue weighted by Gasteiger charge is 2.38. The summed E-state index contributed by atoms with van der Waals surface area (Å²) in [5, 5.41) is 0. The Kier molecular flexibility index (Phi) is 6.32. The van der Waals surface area contributed by atoms with E-state index in [9.17, 15) is 0 Å². The van der Waals surface area contributed by atoms with E-state index in [1.807, 2.05) is 0 Å². The van der Waals surface area contributed by atoms with E-state index < -0.39 is 0 Å². The molecule has 0 saturated heterocycles. The van der Waals surface area contributed by atoms with Gasteiger partial charge in [-0.1, -0.05) is 135 Å². The second kappa shape index (κ2) is 10.2. The summed E-state index contributed by atoms with van der Waals surface area (Å²) in [6.45, 7) is 9.17. The van der Waals surface area contributed by atoms with Crippen LogP contribution in [0, 0.1) is 13.8 Å². The van der Waals surface area contributed by atoms with Gasteiger partial charge in [0.2, 0.25) is 0 Å². The first-order valence-corrected chi connectivity index (χ1v) is 14.8. The average Bonchev–Trinajstić information content (AvgIpc) is 3.24. The highest BCUT2D eigenvalue weighted by Crippen LogP contribution is 2.55. The van der Waals surface area contributed by atoms with Crippen LogP contribution in [0.2, 0.25) is 0 Å². The fourth-order valence-electron chi connectivity index (χ4n) is 6.63. The first-order chi connectivity index (χ1) is 20.4. The Balaban J connectivity index is 1.51. The van der Waals surface area contributed by atoms with E-state index in [2.05, 4.69) is 172 Å². The van der Waals surface area contributed by atoms with E-state index in [0.29, 0.717) is 0 Å². The lowest BCUT2D eigenvalue weighted by Crippen LogP contribution is -2.17. The summed E-state index contributed by atoms with van der Waals surface area (Å²) in [7, 11) is 0. The van der Waals surface area contributed by atoms with Crippen molar-refractivity contribution in [2.75, 3.05) is 4.90 Å². The SMILES string of the molecule is Cc1ccc2c(c1)C(C)(C)c1cc(C)cc(N(c3ccc(-c4ccccc4)cc3)c3ccccc3-c3ccccc3)c1-2. The van der Waals surface area contributed by atoms with Crippen molar-refractivity contribution in [3.63, 3.8) is 0 Å². The predicted octanol–water partition coefficient (Wildman–Crippen LogP) is 11.4. The summed E-state index contributed by atoms with van der Waals surface area (Å²) in [5.74, 6) is 0.